The minimum Gasteiger partial charge on any atom is -0.497 e. The second-order valence-corrected chi connectivity index (χ2v) is 4.91. The third-order valence-electron chi connectivity index (χ3n) is 3.54. The summed E-state index contributed by atoms with van der Waals surface area (Å²) in [4.78, 5) is 15.9. The number of hydrogen-bond donors (Lipinski definition) is 1. The Morgan fingerprint density at radius 3 is 2.58 bits per heavy atom. The molecule has 0 bridgehead atoms. The Hall–Kier alpha value is -1.59. The van der Waals surface area contributed by atoms with Crippen LogP contribution in [0.1, 0.15) is 15.9 Å². The smallest absolute Gasteiger partial charge is 0.336 e. The van der Waals surface area contributed by atoms with Gasteiger partial charge in [0.1, 0.15) is 5.75 Å². The van der Waals surface area contributed by atoms with Gasteiger partial charge in [-0.1, -0.05) is 6.07 Å². The standard InChI is InChI=1S/C14H20N2O3/c1-15-5-7-16(8-6-15)10-11-3-4-12(19-2)9-13(11)14(17)18/h3-4,9H,5-8,10H2,1-2H3,(H,17,18). The maximum absolute atomic E-state index is 11.3. The summed E-state index contributed by atoms with van der Waals surface area (Å²) in [5.41, 5.74) is 1.18. The number of carboxylic acids is 1. The molecule has 1 aromatic carbocycles. The molecule has 2 rings (SSSR count). The highest BCUT2D eigenvalue weighted by molar-refractivity contribution is 5.89. The van der Waals surface area contributed by atoms with Gasteiger partial charge in [-0.15, -0.1) is 0 Å². The van der Waals surface area contributed by atoms with Crippen molar-refractivity contribution >= 4 is 5.97 Å². The van der Waals surface area contributed by atoms with Gasteiger partial charge >= 0.3 is 5.97 Å². The fourth-order valence-electron chi connectivity index (χ4n) is 2.27. The number of nitrogens with zero attached hydrogens (tertiary/aromatic N) is 2. The van der Waals surface area contributed by atoms with Gasteiger partial charge in [-0.25, -0.2) is 4.79 Å². The largest absolute Gasteiger partial charge is 0.497 e. The van der Waals surface area contributed by atoms with E-state index >= 15 is 0 Å². The van der Waals surface area contributed by atoms with Gasteiger partial charge in [0, 0.05) is 32.7 Å². The van der Waals surface area contributed by atoms with Crippen molar-refractivity contribution in [2.75, 3.05) is 40.3 Å². The van der Waals surface area contributed by atoms with Crippen LogP contribution in [0.3, 0.4) is 0 Å². The van der Waals surface area contributed by atoms with Gasteiger partial charge in [-0.05, 0) is 24.7 Å². The van der Waals surface area contributed by atoms with Crippen LogP contribution in [0.2, 0.25) is 0 Å². The number of rotatable bonds is 4. The average molecular weight is 264 g/mol. The topological polar surface area (TPSA) is 53.0 Å². The van der Waals surface area contributed by atoms with E-state index in [0.717, 1.165) is 31.7 Å². The molecule has 1 aliphatic rings. The van der Waals surface area contributed by atoms with Gasteiger partial charge in [0.25, 0.3) is 0 Å². The van der Waals surface area contributed by atoms with Crippen molar-refractivity contribution in [3.05, 3.63) is 29.3 Å². The van der Waals surface area contributed by atoms with Gasteiger partial charge in [0.2, 0.25) is 0 Å². The van der Waals surface area contributed by atoms with Crippen LogP contribution in [0.4, 0.5) is 0 Å². The van der Waals surface area contributed by atoms with Crippen LogP contribution in [0, 0.1) is 0 Å². The fraction of sp³-hybridized carbons (Fsp3) is 0.500. The molecule has 0 spiro atoms. The fourth-order valence-corrected chi connectivity index (χ4v) is 2.27. The highest BCUT2D eigenvalue weighted by atomic mass is 16.5. The van der Waals surface area contributed by atoms with Crippen LogP contribution in [0.5, 0.6) is 5.75 Å². The van der Waals surface area contributed by atoms with Crippen molar-refractivity contribution < 1.29 is 14.6 Å². The van der Waals surface area contributed by atoms with E-state index in [0.29, 0.717) is 17.9 Å². The average Bonchev–Trinajstić information content (AvgIpc) is 2.41. The van der Waals surface area contributed by atoms with E-state index in [1.165, 1.54) is 0 Å². The molecule has 1 heterocycles. The molecule has 1 aliphatic heterocycles. The molecule has 5 heteroatoms. The predicted octanol–water partition coefficient (Wildman–Crippen LogP) is 1.14. The second kappa shape index (κ2) is 6.04. The molecule has 19 heavy (non-hydrogen) atoms. The summed E-state index contributed by atoms with van der Waals surface area (Å²) in [5.74, 6) is -0.317. The molecule has 1 N–H and O–H groups in total. The summed E-state index contributed by atoms with van der Waals surface area (Å²) >= 11 is 0. The van der Waals surface area contributed by atoms with E-state index < -0.39 is 5.97 Å². The summed E-state index contributed by atoms with van der Waals surface area (Å²) in [6.07, 6.45) is 0. The Labute approximate surface area is 113 Å². The lowest BCUT2D eigenvalue weighted by atomic mass is 10.1. The van der Waals surface area contributed by atoms with Crippen LogP contribution in [0.25, 0.3) is 0 Å². The van der Waals surface area contributed by atoms with Crippen molar-refractivity contribution in [2.45, 2.75) is 6.54 Å². The summed E-state index contributed by atoms with van der Waals surface area (Å²) in [6, 6.07) is 5.26. The quantitative estimate of drug-likeness (QED) is 0.884. The van der Waals surface area contributed by atoms with Gasteiger partial charge in [0.15, 0.2) is 0 Å². The molecule has 0 aromatic heterocycles. The first-order chi connectivity index (χ1) is 9.10. The van der Waals surface area contributed by atoms with E-state index in [1.807, 2.05) is 12.1 Å². The second-order valence-electron chi connectivity index (χ2n) is 4.91. The molecule has 104 valence electrons. The van der Waals surface area contributed by atoms with Crippen LogP contribution < -0.4 is 4.74 Å². The Bertz CT molecular complexity index is 454. The van der Waals surface area contributed by atoms with E-state index in [-0.39, 0.29) is 0 Å². The van der Waals surface area contributed by atoms with Gasteiger partial charge in [0.05, 0.1) is 12.7 Å². The number of carbonyl (C=O) groups is 1. The highest BCUT2D eigenvalue weighted by Crippen LogP contribution is 2.19. The van der Waals surface area contributed by atoms with E-state index in [1.54, 1.807) is 13.2 Å². The maximum atomic E-state index is 11.3. The third-order valence-corrected chi connectivity index (χ3v) is 3.54. The number of hydrogen-bond acceptors (Lipinski definition) is 4. The molecule has 1 aromatic rings. The van der Waals surface area contributed by atoms with Crippen LogP contribution in [0.15, 0.2) is 18.2 Å². The molecule has 1 saturated heterocycles. The van der Waals surface area contributed by atoms with Crippen LogP contribution in [-0.4, -0.2) is 61.2 Å². The Morgan fingerprint density at radius 1 is 1.32 bits per heavy atom. The summed E-state index contributed by atoms with van der Waals surface area (Å²) in [7, 11) is 3.65. The predicted molar refractivity (Wildman–Crippen MR) is 72.7 cm³/mol. The lowest BCUT2D eigenvalue weighted by Crippen LogP contribution is -2.44. The maximum Gasteiger partial charge on any atom is 0.336 e. The number of benzene rings is 1. The Kier molecular flexibility index (Phi) is 4.39. The molecule has 0 aliphatic carbocycles. The van der Waals surface area contributed by atoms with Crippen molar-refractivity contribution in [3.63, 3.8) is 0 Å². The minimum atomic E-state index is -0.900. The molecule has 0 amide bonds. The molecule has 0 atom stereocenters. The lowest BCUT2D eigenvalue weighted by Gasteiger charge is -2.32. The minimum absolute atomic E-state index is 0.332. The number of likely N-dealkylation sites (N-methyl/N-ethyl adjacent to an activating group) is 1. The number of aromatic carboxylic acids is 1. The monoisotopic (exact) mass is 264 g/mol. The zero-order valence-corrected chi connectivity index (χ0v) is 11.4. The summed E-state index contributed by atoms with van der Waals surface area (Å²) in [6.45, 7) is 4.68. The molecule has 0 saturated carbocycles. The van der Waals surface area contributed by atoms with Crippen molar-refractivity contribution in [2.24, 2.45) is 0 Å². The van der Waals surface area contributed by atoms with Crippen molar-refractivity contribution in [1.29, 1.82) is 0 Å². The number of piperazine rings is 1. The van der Waals surface area contributed by atoms with E-state index in [2.05, 4.69) is 16.8 Å². The van der Waals surface area contributed by atoms with Gasteiger partial charge in [-0.2, -0.15) is 0 Å². The Morgan fingerprint density at radius 2 is 2.00 bits per heavy atom. The number of ether oxygens (including phenoxy) is 1. The van der Waals surface area contributed by atoms with E-state index in [4.69, 9.17) is 4.74 Å². The SMILES string of the molecule is COc1ccc(CN2CCN(C)CC2)c(C(=O)O)c1. The summed E-state index contributed by atoms with van der Waals surface area (Å²) in [5, 5.41) is 9.27. The molecule has 5 nitrogen and oxygen atoms in total. The highest BCUT2D eigenvalue weighted by Gasteiger charge is 2.17. The first kappa shape index (κ1) is 13.8. The summed E-state index contributed by atoms with van der Waals surface area (Å²) < 4.78 is 5.08. The zero-order chi connectivity index (χ0) is 13.8. The zero-order valence-electron chi connectivity index (χ0n) is 11.4. The van der Waals surface area contributed by atoms with Crippen molar-refractivity contribution in [1.82, 2.24) is 9.80 Å². The first-order valence-electron chi connectivity index (χ1n) is 6.41. The van der Waals surface area contributed by atoms with Crippen molar-refractivity contribution in [3.8, 4) is 5.75 Å². The number of carboxylic acid groups (broad SMARTS) is 1. The molecule has 0 radical (unpaired) electrons. The lowest BCUT2D eigenvalue weighted by molar-refractivity contribution is 0.0693. The van der Waals surface area contributed by atoms with Crippen LogP contribution >= 0.6 is 0 Å². The number of methoxy groups -OCH3 is 1. The van der Waals surface area contributed by atoms with Gasteiger partial charge < -0.3 is 14.7 Å². The van der Waals surface area contributed by atoms with E-state index in [9.17, 15) is 9.90 Å². The molecule has 0 unspecified atom stereocenters. The third kappa shape index (κ3) is 3.45. The van der Waals surface area contributed by atoms with Gasteiger partial charge in [-0.3, -0.25) is 4.90 Å². The molecular weight excluding hydrogens is 244 g/mol. The normalized spacial score (nSPS) is 17.4. The Balaban J connectivity index is 2.13. The molecular formula is C14H20N2O3. The molecule has 1 fully saturated rings. The van der Waals surface area contributed by atoms with Crippen LogP contribution in [-0.2, 0) is 6.54 Å². The first-order valence-corrected chi connectivity index (χ1v) is 6.41.